The van der Waals surface area contributed by atoms with E-state index in [-0.39, 0.29) is 58.8 Å². The van der Waals surface area contributed by atoms with Crippen LogP contribution in [0.15, 0.2) is 54.6 Å². The van der Waals surface area contributed by atoms with Crippen LogP contribution < -0.4 is 23.7 Å². The molecule has 2 aliphatic heterocycles. The molecule has 372 valence electrons. The summed E-state index contributed by atoms with van der Waals surface area (Å²) in [6.07, 6.45) is 5.81. The molecule has 3 saturated carbocycles. The molecular weight excluding hydrogens is 969 g/mol. The van der Waals surface area contributed by atoms with Crippen LogP contribution in [0.3, 0.4) is 0 Å². The normalized spacial score (nSPS) is 19.9. The van der Waals surface area contributed by atoms with Crippen LogP contribution >= 0.6 is 35.5 Å². The first kappa shape index (κ1) is 51.0. The lowest BCUT2D eigenvalue weighted by Gasteiger charge is -2.33. The first-order valence-electron chi connectivity index (χ1n) is 23.2. The van der Waals surface area contributed by atoms with E-state index in [1.807, 2.05) is 6.07 Å². The summed E-state index contributed by atoms with van der Waals surface area (Å²) < 4.78 is 120. The summed E-state index contributed by atoms with van der Waals surface area (Å²) in [5, 5.41) is -0.115. The molecule has 4 aromatic carbocycles. The molecule has 0 aromatic heterocycles. The van der Waals surface area contributed by atoms with E-state index in [0.717, 1.165) is 92.6 Å². The van der Waals surface area contributed by atoms with Gasteiger partial charge in [0.1, 0.15) is 41.2 Å². The van der Waals surface area contributed by atoms with E-state index in [2.05, 4.69) is 14.3 Å². The molecule has 69 heavy (non-hydrogen) atoms. The number of alkyl halides is 3. The lowest BCUT2D eigenvalue weighted by molar-refractivity contribution is -0.137. The lowest BCUT2D eigenvalue weighted by Crippen LogP contribution is -2.41. The SMILES string of the molecule is COc1ccc(CN2CCCC(Oc3cc(F)c(C(=O)NSC4CC4)cc3C3CC3)C2)cc1F.CSNC(=O)c1cc(C2CC2)c(OC2CCCN(Cc3cc(C(F)(F)F)cc(Cl)c3F)C2)cc1F. The predicted octanol–water partition coefficient (Wildman–Crippen LogP) is 12.0. The molecule has 0 bridgehead atoms. The summed E-state index contributed by atoms with van der Waals surface area (Å²) in [6, 6.07) is 12.2. The molecular formula is C50H54ClF7N4O5S2. The Balaban J connectivity index is 0.000000186. The quantitative estimate of drug-likeness (QED) is 0.0841. The lowest BCUT2D eigenvalue weighted by atomic mass is 10.0. The summed E-state index contributed by atoms with van der Waals surface area (Å²) >= 11 is 8.18. The number of likely N-dealkylation sites (tertiary alicyclic amines) is 2. The number of nitrogens with zero attached hydrogens (tertiary/aromatic N) is 2. The van der Waals surface area contributed by atoms with Crippen molar-refractivity contribution in [1.29, 1.82) is 0 Å². The Morgan fingerprint density at radius 3 is 1.74 bits per heavy atom. The third kappa shape index (κ3) is 13.5. The van der Waals surface area contributed by atoms with Crippen molar-refractivity contribution < 1.29 is 54.5 Å². The van der Waals surface area contributed by atoms with E-state index >= 15 is 0 Å². The van der Waals surface area contributed by atoms with Gasteiger partial charge in [-0.3, -0.25) is 28.8 Å². The molecule has 2 saturated heterocycles. The molecule has 2 amide bonds. The Kier molecular flexibility index (Phi) is 16.5. The number of piperidine rings is 2. The van der Waals surface area contributed by atoms with E-state index in [1.165, 1.54) is 43.3 Å². The topological polar surface area (TPSA) is 92.4 Å². The van der Waals surface area contributed by atoms with Crippen LogP contribution in [-0.2, 0) is 19.3 Å². The first-order valence-corrected chi connectivity index (χ1v) is 25.7. The fourth-order valence-electron chi connectivity index (χ4n) is 8.74. The maximum atomic E-state index is 14.9. The Morgan fingerprint density at radius 1 is 0.696 bits per heavy atom. The van der Waals surface area contributed by atoms with Crippen LogP contribution in [0.1, 0.15) is 125 Å². The number of hydrogen-bond acceptors (Lipinski definition) is 9. The Hall–Kier alpha value is -4.36. The highest BCUT2D eigenvalue weighted by Crippen LogP contribution is 2.47. The van der Waals surface area contributed by atoms with Gasteiger partial charge in [-0.15, -0.1) is 0 Å². The van der Waals surface area contributed by atoms with Crippen LogP contribution in [0, 0.1) is 23.3 Å². The third-order valence-electron chi connectivity index (χ3n) is 12.7. The second kappa shape index (κ2) is 22.4. The fraction of sp³-hybridized carbons (Fsp3) is 0.480. The standard InChI is InChI=1S/C26H30F2N2O3S.C24H24ClF5N2O2S/c1-32-24-9-4-16(11-23(24)28)14-30-10-2-3-18(15-30)33-25-13-22(27)21(12-20(25)17-5-6-17)26(31)29-34-19-7-8-19;1-35-31-23(33)18-9-17(13-4-5-13)21(10-20(18)26)34-16-3-2-6-32(12-16)11-14-7-15(24(28,29)30)8-19(25)22(14)27/h4,9,11-13,17-19H,2-3,5-8,10,14-15H2,1H3,(H,29,31);7-10,13,16H,2-6,11-12H2,1H3,(H,31,33). The van der Waals surface area contributed by atoms with E-state index < -0.39 is 40.1 Å². The number of halogens is 8. The number of hydrogen-bond donors (Lipinski definition) is 2. The molecule has 3 aliphatic carbocycles. The molecule has 4 aromatic rings. The highest BCUT2D eigenvalue weighted by Gasteiger charge is 2.35. The van der Waals surface area contributed by atoms with Gasteiger partial charge in [0.15, 0.2) is 11.6 Å². The number of ether oxygens (including phenoxy) is 3. The number of nitrogens with one attached hydrogen (secondary N) is 2. The monoisotopic (exact) mass is 1020 g/mol. The largest absolute Gasteiger partial charge is 0.494 e. The van der Waals surface area contributed by atoms with Gasteiger partial charge in [-0.25, -0.2) is 17.6 Å². The molecule has 9 nitrogen and oxygen atoms in total. The fourth-order valence-corrected chi connectivity index (χ4v) is 10.0. The Morgan fingerprint density at radius 2 is 1.25 bits per heavy atom. The number of carbonyl (C=O) groups is 2. The third-order valence-corrected chi connectivity index (χ3v) is 14.5. The average Bonchev–Trinajstić information content (AvgIpc) is 4.13. The summed E-state index contributed by atoms with van der Waals surface area (Å²) in [5.74, 6) is -1.71. The van der Waals surface area contributed by atoms with Gasteiger partial charge in [0, 0.05) is 55.4 Å². The number of benzene rings is 4. The molecule has 5 aliphatic rings. The van der Waals surface area contributed by atoms with Gasteiger partial charge in [0.2, 0.25) is 0 Å². The van der Waals surface area contributed by atoms with Crippen molar-refractivity contribution in [2.75, 3.05) is 39.5 Å². The molecule has 0 spiro atoms. The van der Waals surface area contributed by atoms with Crippen LogP contribution in [-0.4, -0.2) is 78.6 Å². The zero-order chi connectivity index (χ0) is 49.0. The van der Waals surface area contributed by atoms with Crippen molar-refractivity contribution >= 4 is 47.3 Å². The zero-order valence-corrected chi connectivity index (χ0v) is 40.6. The van der Waals surface area contributed by atoms with Crippen molar-refractivity contribution in [3.63, 3.8) is 0 Å². The number of rotatable bonds is 16. The van der Waals surface area contributed by atoms with Gasteiger partial charge in [-0.05, 0) is 154 Å². The van der Waals surface area contributed by atoms with E-state index in [1.54, 1.807) is 23.3 Å². The van der Waals surface area contributed by atoms with Gasteiger partial charge in [-0.1, -0.05) is 29.6 Å². The van der Waals surface area contributed by atoms with Crippen LogP contribution in [0.5, 0.6) is 17.2 Å². The maximum absolute atomic E-state index is 14.9. The van der Waals surface area contributed by atoms with E-state index in [0.29, 0.717) is 67.8 Å². The highest BCUT2D eigenvalue weighted by molar-refractivity contribution is 7.98. The molecule has 0 radical (unpaired) electrons. The minimum atomic E-state index is -4.64. The smallest absolute Gasteiger partial charge is 0.416 e. The summed E-state index contributed by atoms with van der Waals surface area (Å²) in [7, 11) is 1.45. The predicted molar refractivity (Wildman–Crippen MR) is 253 cm³/mol. The van der Waals surface area contributed by atoms with Crippen molar-refractivity contribution in [3.05, 3.63) is 122 Å². The van der Waals surface area contributed by atoms with Gasteiger partial charge < -0.3 is 14.2 Å². The highest BCUT2D eigenvalue weighted by atomic mass is 35.5. The second-order valence-corrected chi connectivity index (χ2v) is 20.4. The minimum Gasteiger partial charge on any atom is -0.494 e. The van der Waals surface area contributed by atoms with Crippen molar-refractivity contribution in [2.45, 2.75) is 113 Å². The Labute approximate surface area is 410 Å². The molecule has 5 fully saturated rings. The summed E-state index contributed by atoms with van der Waals surface area (Å²) in [5.41, 5.74) is 1.48. The van der Waals surface area contributed by atoms with Crippen molar-refractivity contribution in [3.8, 4) is 17.2 Å². The molecule has 2 N–H and O–H groups in total. The molecule has 2 unspecified atom stereocenters. The van der Waals surface area contributed by atoms with E-state index in [9.17, 15) is 40.3 Å². The van der Waals surface area contributed by atoms with Crippen LogP contribution in [0.25, 0.3) is 0 Å². The van der Waals surface area contributed by atoms with Gasteiger partial charge in [0.05, 0.1) is 28.8 Å². The van der Waals surface area contributed by atoms with Gasteiger partial charge >= 0.3 is 6.18 Å². The number of amides is 2. The first-order chi connectivity index (χ1) is 33.1. The number of methoxy groups -OCH3 is 1. The average molecular weight is 1020 g/mol. The van der Waals surface area contributed by atoms with Crippen LogP contribution in [0.4, 0.5) is 30.7 Å². The molecule has 2 atom stereocenters. The summed E-state index contributed by atoms with van der Waals surface area (Å²) in [4.78, 5) is 28.7. The van der Waals surface area contributed by atoms with Gasteiger partial charge in [-0.2, -0.15) is 13.2 Å². The zero-order valence-electron chi connectivity index (χ0n) is 38.2. The van der Waals surface area contributed by atoms with Crippen LogP contribution in [0.2, 0.25) is 5.02 Å². The van der Waals surface area contributed by atoms with Crippen molar-refractivity contribution in [2.24, 2.45) is 0 Å². The second-order valence-electron chi connectivity index (χ2n) is 18.3. The molecule has 9 rings (SSSR count). The molecule has 19 heteroatoms. The maximum Gasteiger partial charge on any atom is 0.416 e. The molecule has 2 heterocycles. The summed E-state index contributed by atoms with van der Waals surface area (Å²) in [6.45, 7) is 3.00. The Bertz CT molecular complexity index is 2510. The van der Waals surface area contributed by atoms with Gasteiger partial charge in [0.25, 0.3) is 11.8 Å². The van der Waals surface area contributed by atoms with Crippen molar-refractivity contribution in [1.82, 2.24) is 19.2 Å². The number of carbonyl (C=O) groups excluding carboxylic acids is 2. The van der Waals surface area contributed by atoms with E-state index in [4.69, 9.17) is 25.8 Å². The minimum absolute atomic E-state index is 0.0456.